The molecule has 2 aromatic heterocycles. The Hall–Kier alpha value is -3.33. The third-order valence-electron chi connectivity index (χ3n) is 5.52. The van der Waals surface area contributed by atoms with E-state index >= 15 is 0 Å². The molecule has 0 aliphatic heterocycles. The van der Waals surface area contributed by atoms with Crippen LogP contribution in [0.3, 0.4) is 0 Å². The van der Waals surface area contributed by atoms with E-state index in [-0.39, 0.29) is 18.9 Å². The van der Waals surface area contributed by atoms with Gasteiger partial charge in [0.05, 0.1) is 6.04 Å². The van der Waals surface area contributed by atoms with Gasteiger partial charge in [0, 0.05) is 30.7 Å². The molecule has 2 heterocycles. The molecule has 3 rings (SSSR count). The molecule has 0 saturated carbocycles. The van der Waals surface area contributed by atoms with E-state index in [4.69, 9.17) is 0 Å². The maximum Gasteiger partial charge on any atom is 0.243 e. The summed E-state index contributed by atoms with van der Waals surface area (Å²) in [6.45, 7) is 4.53. The van der Waals surface area contributed by atoms with Gasteiger partial charge in [0.1, 0.15) is 11.7 Å². The van der Waals surface area contributed by atoms with Crippen LogP contribution in [0.5, 0.6) is 0 Å². The molecule has 9 heteroatoms. The summed E-state index contributed by atoms with van der Waals surface area (Å²) in [5.41, 5.74) is 1.94. The zero-order valence-electron chi connectivity index (χ0n) is 18.3. The molecular formula is C23H27F2N5O2. The van der Waals surface area contributed by atoms with Gasteiger partial charge in [0.25, 0.3) is 0 Å². The number of carbonyl (C=O) groups is 2. The van der Waals surface area contributed by atoms with Crippen LogP contribution in [0.2, 0.25) is 0 Å². The molecule has 0 saturated heterocycles. The summed E-state index contributed by atoms with van der Waals surface area (Å²) in [4.78, 5) is 34.8. The van der Waals surface area contributed by atoms with Crippen LogP contribution in [0, 0.1) is 11.6 Å². The number of nitrogens with one attached hydrogen (secondary N) is 3. The van der Waals surface area contributed by atoms with Crippen LogP contribution in [0.15, 0.2) is 42.7 Å². The van der Waals surface area contributed by atoms with E-state index in [2.05, 4.69) is 20.6 Å². The fourth-order valence-corrected chi connectivity index (χ4v) is 3.27. The Morgan fingerprint density at radius 2 is 1.91 bits per heavy atom. The Morgan fingerprint density at radius 3 is 2.62 bits per heavy atom. The van der Waals surface area contributed by atoms with Gasteiger partial charge in [-0.15, -0.1) is 0 Å². The minimum atomic E-state index is -1.00. The largest absolute Gasteiger partial charge is 0.350 e. The fraction of sp³-hybridized carbons (Fsp3) is 0.348. The van der Waals surface area contributed by atoms with Crippen LogP contribution in [-0.4, -0.2) is 52.4 Å². The number of aromatic amines is 1. The van der Waals surface area contributed by atoms with E-state index in [1.54, 1.807) is 26.4 Å². The minimum absolute atomic E-state index is 0.0203. The van der Waals surface area contributed by atoms with Gasteiger partial charge in [0.2, 0.25) is 11.8 Å². The highest BCUT2D eigenvalue weighted by Gasteiger charge is 2.25. The quantitative estimate of drug-likeness (QED) is 0.474. The van der Waals surface area contributed by atoms with Gasteiger partial charge >= 0.3 is 0 Å². The third-order valence-corrected chi connectivity index (χ3v) is 5.52. The van der Waals surface area contributed by atoms with Crippen molar-refractivity contribution in [3.8, 4) is 0 Å². The summed E-state index contributed by atoms with van der Waals surface area (Å²) in [6, 6.07) is 5.81. The van der Waals surface area contributed by atoms with Crippen molar-refractivity contribution >= 4 is 22.8 Å². The number of aromatic nitrogens is 2. The lowest BCUT2D eigenvalue weighted by Gasteiger charge is -2.25. The number of likely N-dealkylation sites (N-methyl/N-ethyl adjacent to an activating group) is 1. The van der Waals surface area contributed by atoms with Crippen molar-refractivity contribution in [3.63, 3.8) is 0 Å². The molecule has 170 valence electrons. The third kappa shape index (κ3) is 5.67. The number of H-pyrrole nitrogens is 1. The van der Waals surface area contributed by atoms with Crippen LogP contribution in [0.25, 0.3) is 11.0 Å². The van der Waals surface area contributed by atoms with Gasteiger partial charge in [-0.3, -0.25) is 14.5 Å². The number of pyridine rings is 1. The Bertz CT molecular complexity index is 1100. The lowest BCUT2D eigenvalue weighted by atomic mass is 10.0. The van der Waals surface area contributed by atoms with Crippen LogP contribution < -0.4 is 10.6 Å². The van der Waals surface area contributed by atoms with Crippen LogP contribution >= 0.6 is 0 Å². The summed E-state index contributed by atoms with van der Waals surface area (Å²) in [7, 11) is 1.80. The van der Waals surface area contributed by atoms with E-state index in [1.165, 1.54) is 6.07 Å². The Kier molecular flexibility index (Phi) is 7.53. The molecule has 0 bridgehead atoms. The molecule has 7 nitrogen and oxygen atoms in total. The topological polar surface area (TPSA) is 90.1 Å². The zero-order chi connectivity index (χ0) is 23.3. The monoisotopic (exact) mass is 443 g/mol. The van der Waals surface area contributed by atoms with E-state index in [0.717, 1.165) is 28.7 Å². The highest BCUT2D eigenvalue weighted by Crippen LogP contribution is 2.13. The smallest absolute Gasteiger partial charge is 0.243 e. The highest BCUT2D eigenvalue weighted by molar-refractivity contribution is 5.89. The summed E-state index contributed by atoms with van der Waals surface area (Å²) in [6.07, 6.45) is 3.45. The Labute approximate surface area is 185 Å². The van der Waals surface area contributed by atoms with E-state index in [9.17, 15) is 18.4 Å². The second kappa shape index (κ2) is 10.3. The summed E-state index contributed by atoms with van der Waals surface area (Å²) in [5, 5.41) is 6.47. The molecule has 2 amide bonds. The number of hydrogen-bond acceptors (Lipinski definition) is 4. The number of nitrogens with zero attached hydrogens (tertiary/aromatic N) is 2. The Morgan fingerprint density at radius 1 is 1.12 bits per heavy atom. The van der Waals surface area contributed by atoms with Gasteiger partial charge < -0.3 is 15.6 Å². The number of carbonyl (C=O) groups excluding carboxylic acids is 2. The maximum atomic E-state index is 13.7. The second-order valence-electron chi connectivity index (χ2n) is 7.74. The lowest BCUT2D eigenvalue weighted by molar-refractivity contribution is -0.131. The van der Waals surface area contributed by atoms with E-state index in [0.29, 0.717) is 12.1 Å². The number of rotatable bonds is 9. The minimum Gasteiger partial charge on any atom is -0.350 e. The first kappa shape index (κ1) is 23.3. The van der Waals surface area contributed by atoms with Crippen molar-refractivity contribution in [3.05, 3.63) is 65.5 Å². The van der Waals surface area contributed by atoms with Crippen LogP contribution in [-0.2, 0) is 22.6 Å². The van der Waals surface area contributed by atoms with E-state index in [1.807, 2.05) is 24.0 Å². The first-order valence-electron chi connectivity index (χ1n) is 10.4. The molecular weight excluding hydrogens is 416 g/mol. The predicted octanol–water partition coefficient (Wildman–Crippen LogP) is 2.52. The van der Waals surface area contributed by atoms with Crippen molar-refractivity contribution in [1.82, 2.24) is 25.5 Å². The number of hydrogen-bond donors (Lipinski definition) is 3. The standard InChI is InChI=1S/C23H27F2N5O2/c1-4-30(3)14(2)22(31)29-20(11-15-5-6-18(24)19(25)10-15)23(32)28-13-16-9-17-7-8-26-21(17)27-12-16/h5-10,12,14,20H,4,11,13H2,1-3H3,(H,26,27)(H,28,32)(H,29,31)/t14?,20-/m0/s1. The van der Waals surface area contributed by atoms with Crippen molar-refractivity contribution < 1.29 is 18.4 Å². The number of benzene rings is 1. The number of fused-ring (bicyclic) bond motifs is 1. The van der Waals surface area contributed by atoms with Gasteiger partial charge in [0.15, 0.2) is 11.6 Å². The molecule has 32 heavy (non-hydrogen) atoms. The van der Waals surface area contributed by atoms with Crippen molar-refractivity contribution in [2.45, 2.75) is 38.9 Å². The fourth-order valence-electron chi connectivity index (χ4n) is 3.27. The average molecular weight is 443 g/mol. The van der Waals surface area contributed by atoms with Gasteiger partial charge in [-0.05, 0) is 55.9 Å². The molecule has 3 aromatic rings. The number of halogens is 2. The number of amides is 2. The molecule has 0 aliphatic rings. The molecule has 0 aliphatic carbocycles. The van der Waals surface area contributed by atoms with Gasteiger partial charge in [-0.1, -0.05) is 13.0 Å². The molecule has 0 spiro atoms. The molecule has 2 atom stereocenters. The summed E-state index contributed by atoms with van der Waals surface area (Å²) >= 11 is 0. The summed E-state index contributed by atoms with van der Waals surface area (Å²) < 4.78 is 27.0. The first-order valence-corrected chi connectivity index (χ1v) is 10.4. The molecule has 0 fully saturated rings. The van der Waals surface area contributed by atoms with Crippen molar-refractivity contribution in [2.24, 2.45) is 0 Å². The summed E-state index contributed by atoms with van der Waals surface area (Å²) in [5.74, 6) is -2.72. The van der Waals surface area contributed by atoms with Crippen LogP contribution in [0.1, 0.15) is 25.0 Å². The maximum absolute atomic E-state index is 13.7. The molecule has 1 aromatic carbocycles. The van der Waals surface area contributed by atoms with Gasteiger partial charge in [-0.25, -0.2) is 13.8 Å². The predicted molar refractivity (Wildman–Crippen MR) is 118 cm³/mol. The normalized spacial score (nSPS) is 13.2. The Balaban J connectivity index is 1.73. The second-order valence-corrected chi connectivity index (χ2v) is 7.74. The molecule has 1 unspecified atom stereocenters. The lowest BCUT2D eigenvalue weighted by Crippen LogP contribution is -2.53. The first-order chi connectivity index (χ1) is 15.3. The molecule has 0 radical (unpaired) electrons. The zero-order valence-corrected chi connectivity index (χ0v) is 18.3. The molecule has 3 N–H and O–H groups in total. The average Bonchev–Trinajstić information content (AvgIpc) is 3.26. The van der Waals surface area contributed by atoms with Crippen molar-refractivity contribution in [1.29, 1.82) is 0 Å². The van der Waals surface area contributed by atoms with Gasteiger partial charge in [-0.2, -0.15) is 0 Å². The van der Waals surface area contributed by atoms with E-state index < -0.39 is 29.6 Å². The van der Waals surface area contributed by atoms with Crippen LogP contribution in [0.4, 0.5) is 8.78 Å². The van der Waals surface area contributed by atoms with Crippen molar-refractivity contribution in [2.75, 3.05) is 13.6 Å². The highest BCUT2D eigenvalue weighted by atomic mass is 19.2. The SMILES string of the molecule is CCN(C)C(C)C(=O)N[C@@H](Cc1ccc(F)c(F)c1)C(=O)NCc1cnc2[nH]ccc2c1.